The number of rotatable bonds is 3. The van der Waals surface area contributed by atoms with Crippen molar-refractivity contribution in [1.29, 1.82) is 0 Å². The van der Waals surface area contributed by atoms with Gasteiger partial charge in [0, 0.05) is 40.9 Å². The van der Waals surface area contributed by atoms with Gasteiger partial charge in [-0.1, -0.05) is 6.08 Å². The number of aromatic nitrogens is 1. The third-order valence-corrected chi connectivity index (χ3v) is 5.56. The topological polar surface area (TPSA) is 61.3 Å². The summed E-state index contributed by atoms with van der Waals surface area (Å²) in [5.74, 6) is 0.0839. The zero-order valence-electron chi connectivity index (χ0n) is 14.5. The van der Waals surface area contributed by atoms with E-state index in [0.717, 1.165) is 29.6 Å². The molecule has 0 aliphatic carbocycles. The Labute approximate surface area is 151 Å². The van der Waals surface area contributed by atoms with Crippen molar-refractivity contribution in [3.63, 3.8) is 0 Å². The highest BCUT2D eigenvalue weighted by Gasteiger charge is 2.28. The predicted octanol–water partition coefficient (Wildman–Crippen LogP) is 4.26. The number of anilines is 1. The maximum absolute atomic E-state index is 12.2. The van der Waals surface area contributed by atoms with E-state index in [1.165, 1.54) is 36.8 Å². The summed E-state index contributed by atoms with van der Waals surface area (Å²) in [6.07, 6.45) is 9.67. The number of furan rings is 1. The van der Waals surface area contributed by atoms with Crippen LogP contribution in [0.1, 0.15) is 35.4 Å². The van der Waals surface area contributed by atoms with Crippen LogP contribution in [0.15, 0.2) is 53.3 Å². The molecule has 0 saturated carbocycles. The van der Waals surface area contributed by atoms with Crippen molar-refractivity contribution >= 4 is 28.1 Å². The number of aromatic amines is 1. The molecule has 4 heterocycles. The summed E-state index contributed by atoms with van der Waals surface area (Å²) in [5, 5.41) is 4.07. The molecule has 2 aliphatic rings. The molecule has 2 aromatic heterocycles. The fourth-order valence-electron chi connectivity index (χ4n) is 4.22. The number of H-pyrrole nitrogens is 1. The summed E-state index contributed by atoms with van der Waals surface area (Å²) in [6.45, 7) is 2.27. The second kappa shape index (κ2) is 6.18. The quantitative estimate of drug-likeness (QED) is 0.744. The van der Waals surface area contributed by atoms with Crippen molar-refractivity contribution in [3.8, 4) is 0 Å². The smallest absolute Gasteiger partial charge is 0.291 e. The number of fused-ring (bicyclic) bond motifs is 2. The summed E-state index contributed by atoms with van der Waals surface area (Å²) in [5.41, 5.74) is 4.53. The van der Waals surface area contributed by atoms with Crippen molar-refractivity contribution in [3.05, 3.63) is 60.2 Å². The van der Waals surface area contributed by atoms with E-state index in [-0.39, 0.29) is 5.91 Å². The van der Waals surface area contributed by atoms with Crippen LogP contribution in [-0.2, 0) is 0 Å². The van der Waals surface area contributed by atoms with E-state index in [0.29, 0.717) is 11.8 Å². The first kappa shape index (κ1) is 15.5. The summed E-state index contributed by atoms with van der Waals surface area (Å²) >= 11 is 0. The van der Waals surface area contributed by atoms with Crippen molar-refractivity contribution in [2.24, 2.45) is 0 Å². The van der Waals surface area contributed by atoms with Gasteiger partial charge in [-0.15, -0.1) is 0 Å². The second-order valence-electron chi connectivity index (χ2n) is 7.12. The van der Waals surface area contributed by atoms with Gasteiger partial charge in [0.1, 0.15) is 0 Å². The zero-order chi connectivity index (χ0) is 17.5. The number of carbonyl (C=O) groups excluding carboxylic acids is 1. The average Bonchev–Trinajstić information content (AvgIpc) is 3.40. The maximum Gasteiger partial charge on any atom is 0.291 e. The van der Waals surface area contributed by atoms with E-state index in [9.17, 15) is 4.79 Å². The normalized spacial score (nSPS) is 20.2. The van der Waals surface area contributed by atoms with Gasteiger partial charge in [0.2, 0.25) is 0 Å². The number of carbonyl (C=O) groups is 1. The molecular formula is C21H21N3O2. The Kier molecular flexibility index (Phi) is 3.68. The van der Waals surface area contributed by atoms with Gasteiger partial charge in [0.15, 0.2) is 5.76 Å². The molecule has 1 amide bonds. The molecule has 0 spiro atoms. The monoisotopic (exact) mass is 347 g/mol. The largest absolute Gasteiger partial charge is 0.459 e. The Morgan fingerprint density at radius 3 is 3.15 bits per heavy atom. The maximum atomic E-state index is 12.2. The molecule has 3 aromatic rings. The van der Waals surface area contributed by atoms with Crippen LogP contribution in [0.5, 0.6) is 0 Å². The van der Waals surface area contributed by atoms with Crippen molar-refractivity contribution in [2.75, 3.05) is 18.4 Å². The third-order valence-electron chi connectivity index (χ3n) is 5.56. The van der Waals surface area contributed by atoms with Gasteiger partial charge in [-0.3, -0.25) is 9.69 Å². The summed E-state index contributed by atoms with van der Waals surface area (Å²) in [4.78, 5) is 18.2. The van der Waals surface area contributed by atoms with Gasteiger partial charge >= 0.3 is 0 Å². The Bertz CT molecular complexity index is 984. The van der Waals surface area contributed by atoms with Crippen molar-refractivity contribution < 1.29 is 9.21 Å². The van der Waals surface area contributed by atoms with Gasteiger partial charge in [0.05, 0.1) is 6.26 Å². The fourth-order valence-corrected chi connectivity index (χ4v) is 4.22. The number of nitrogens with one attached hydrogen (secondary N) is 2. The SMILES string of the molecule is O=C(Nc1ccc2[nH]cc(C3=CCN4CCCC4C3)c2c1)c1ccco1. The summed E-state index contributed by atoms with van der Waals surface area (Å²) in [6, 6.07) is 10.0. The molecule has 1 fully saturated rings. The van der Waals surface area contributed by atoms with Crippen LogP contribution in [0.3, 0.4) is 0 Å². The number of nitrogens with zero attached hydrogens (tertiary/aromatic N) is 1. The van der Waals surface area contributed by atoms with E-state index in [2.05, 4.69) is 27.5 Å². The molecule has 1 unspecified atom stereocenters. The molecule has 132 valence electrons. The van der Waals surface area contributed by atoms with Gasteiger partial charge in [0.25, 0.3) is 5.91 Å². The van der Waals surface area contributed by atoms with Crippen LogP contribution in [0.2, 0.25) is 0 Å². The number of benzene rings is 1. The Balaban J connectivity index is 1.45. The number of amides is 1. The first-order valence-corrected chi connectivity index (χ1v) is 9.17. The first-order chi connectivity index (χ1) is 12.8. The molecule has 1 atom stereocenters. The highest BCUT2D eigenvalue weighted by molar-refractivity contribution is 6.04. The van der Waals surface area contributed by atoms with Gasteiger partial charge < -0.3 is 14.7 Å². The summed E-state index contributed by atoms with van der Waals surface area (Å²) < 4.78 is 5.17. The van der Waals surface area contributed by atoms with E-state index in [4.69, 9.17) is 4.42 Å². The van der Waals surface area contributed by atoms with E-state index in [1.54, 1.807) is 12.1 Å². The lowest BCUT2D eigenvalue weighted by Gasteiger charge is -2.29. The second-order valence-corrected chi connectivity index (χ2v) is 7.12. The van der Waals surface area contributed by atoms with Gasteiger partial charge in [-0.05, 0) is 61.7 Å². The van der Waals surface area contributed by atoms with E-state index < -0.39 is 0 Å². The van der Waals surface area contributed by atoms with Crippen LogP contribution in [0, 0.1) is 0 Å². The van der Waals surface area contributed by atoms with Crippen LogP contribution in [0.4, 0.5) is 5.69 Å². The molecule has 1 aromatic carbocycles. The highest BCUT2D eigenvalue weighted by Crippen LogP contribution is 2.35. The molecule has 5 nitrogen and oxygen atoms in total. The van der Waals surface area contributed by atoms with Gasteiger partial charge in [-0.25, -0.2) is 0 Å². The Hall–Kier alpha value is -2.79. The van der Waals surface area contributed by atoms with Crippen molar-refractivity contribution in [2.45, 2.75) is 25.3 Å². The van der Waals surface area contributed by atoms with Crippen LogP contribution in [0.25, 0.3) is 16.5 Å². The lowest BCUT2D eigenvalue weighted by Crippen LogP contribution is -2.32. The molecule has 26 heavy (non-hydrogen) atoms. The molecular weight excluding hydrogens is 326 g/mol. The zero-order valence-corrected chi connectivity index (χ0v) is 14.5. The van der Waals surface area contributed by atoms with E-state index >= 15 is 0 Å². The predicted molar refractivity (Wildman–Crippen MR) is 102 cm³/mol. The highest BCUT2D eigenvalue weighted by atomic mass is 16.3. The summed E-state index contributed by atoms with van der Waals surface area (Å²) in [7, 11) is 0. The van der Waals surface area contributed by atoms with Crippen molar-refractivity contribution in [1.82, 2.24) is 9.88 Å². The minimum absolute atomic E-state index is 0.232. The lowest BCUT2D eigenvalue weighted by atomic mass is 9.94. The molecule has 0 radical (unpaired) electrons. The fraction of sp³-hybridized carbons (Fsp3) is 0.286. The van der Waals surface area contributed by atoms with Crippen LogP contribution < -0.4 is 5.32 Å². The average molecular weight is 347 g/mol. The van der Waals surface area contributed by atoms with Crippen LogP contribution in [-0.4, -0.2) is 34.9 Å². The number of hydrogen-bond acceptors (Lipinski definition) is 3. The van der Waals surface area contributed by atoms with Gasteiger partial charge in [-0.2, -0.15) is 0 Å². The molecule has 0 bridgehead atoms. The molecule has 2 aliphatic heterocycles. The standard InChI is InChI=1S/C21H21N3O2/c25-21(20-4-2-10-26-20)23-15-5-6-19-17(12-15)18(13-22-19)14-7-9-24-8-1-3-16(24)11-14/h2,4-7,10,12-13,16,22H,1,3,8-9,11H2,(H,23,25). The molecule has 1 saturated heterocycles. The first-order valence-electron chi connectivity index (χ1n) is 9.17. The molecule has 5 rings (SSSR count). The van der Waals surface area contributed by atoms with Crippen LogP contribution >= 0.6 is 0 Å². The van der Waals surface area contributed by atoms with E-state index in [1.807, 2.05) is 18.2 Å². The lowest BCUT2D eigenvalue weighted by molar-refractivity contribution is 0.0996. The molecule has 2 N–H and O–H groups in total. The number of hydrogen-bond donors (Lipinski definition) is 2. The molecule has 5 heteroatoms. The minimum atomic E-state index is -0.232. The third kappa shape index (κ3) is 2.65. The minimum Gasteiger partial charge on any atom is -0.459 e. The Morgan fingerprint density at radius 1 is 1.31 bits per heavy atom. The Morgan fingerprint density at radius 2 is 2.27 bits per heavy atom.